The van der Waals surface area contributed by atoms with Gasteiger partial charge in [0.2, 0.25) is 0 Å². The zero-order valence-corrected chi connectivity index (χ0v) is 14.4. The highest BCUT2D eigenvalue weighted by atomic mass is 32.1. The van der Waals surface area contributed by atoms with Crippen molar-refractivity contribution in [2.24, 2.45) is 5.73 Å². The van der Waals surface area contributed by atoms with E-state index in [1.54, 1.807) is 25.6 Å². The predicted octanol–water partition coefficient (Wildman–Crippen LogP) is 4.44. The van der Waals surface area contributed by atoms with Gasteiger partial charge in [0.25, 0.3) is 0 Å². The van der Waals surface area contributed by atoms with Gasteiger partial charge in [-0.15, -0.1) is 22.7 Å². The number of hydrogen-bond donors (Lipinski definition) is 2. The maximum atomic E-state index is 7.50. The SMILES string of the molecule is COc1cc(OC)cc(-c2ccc(-c3ccc(C(=N)N)s3)s2)c1. The van der Waals surface area contributed by atoms with E-state index in [4.69, 9.17) is 20.6 Å². The van der Waals surface area contributed by atoms with Crippen LogP contribution in [0.1, 0.15) is 4.88 Å². The summed E-state index contributed by atoms with van der Waals surface area (Å²) in [7, 11) is 3.29. The van der Waals surface area contributed by atoms with E-state index >= 15 is 0 Å². The first kappa shape index (κ1) is 15.6. The van der Waals surface area contributed by atoms with Gasteiger partial charge >= 0.3 is 0 Å². The average molecular weight is 344 g/mol. The Balaban J connectivity index is 1.96. The molecule has 0 radical (unpaired) electrons. The molecule has 23 heavy (non-hydrogen) atoms. The molecule has 3 rings (SSSR count). The summed E-state index contributed by atoms with van der Waals surface area (Å²) in [4.78, 5) is 4.19. The van der Waals surface area contributed by atoms with Gasteiger partial charge < -0.3 is 15.2 Å². The monoisotopic (exact) mass is 344 g/mol. The van der Waals surface area contributed by atoms with Crippen molar-refractivity contribution in [1.29, 1.82) is 5.41 Å². The molecule has 0 saturated heterocycles. The van der Waals surface area contributed by atoms with Gasteiger partial charge in [-0.25, -0.2) is 0 Å². The maximum absolute atomic E-state index is 7.50. The molecule has 0 amide bonds. The first-order valence-corrected chi connectivity index (χ1v) is 8.52. The van der Waals surface area contributed by atoms with Gasteiger partial charge in [-0.2, -0.15) is 0 Å². The number of nitrogens with one attached hydrogen (secondary N) is 1. The number of methoxy groups -OCH3 is 2. The third-order valence-corrected chi connectivity index (χ3v) is 5.80. The van der Waals surface area contributed by atoms with Crippen LogP contribution >= 0.6 is 22.7 Å². The fraction of sp³-hybridized carbons (Fsp3) is 0.118. The number of hydrogen-bond acceptors (Lipinski definition) is 5. The molecule has 4 nitrogen and oxygen atoms in total. The fourth-order valence-electron chi connectivity index (χ4n) is 2.19. The molecule has 0 atom stereocenters. The van der Waals surface area contributed by atoms with Crippen LogP contribution < -0.4 is 15.2 Å². The number of amidine groups is 1. The molecule has 1 aromatic carbocycles. The summed E-state index contributed by atoms with van der Waals surface area (Å²) in [5.41, 5.74) is 6.59. The van der Waals surface area contributed by atoms with Crippen LogP contribution in [0.25, 0.3) is 20.2 Å². The van der Waals surface area contributed by atoms with E-state index < -0.39 is 0 Å². The highest BCUT2D eigenvalue weighted by Gasteiger charge is 2.10. The largest absolute Gasteiger partial charge is 0.497 e. The second kappa shape index (κ2) is 6.44. The van der Waals surface area contributed by atoms with Gasteiger partial charge in [0.1, 0.15) is 17.3 Å². The molecule has 0 spiro atoms. The van der Waals surface area contributed by atoms with Crippen molar-refractivity contribution >= 4 is 28.5 Å². The highest BCUT2D eigenvalue weighted by molar-refractivity contribution is 7.24. The van der Waals surface area contributed by atoms with Crippen LogP contribution in [-0.2, 0) is 0 Å². The van der Waals surface area contributed by atoms with Crippen LogP contribution in [0, 0.1) is 5.41 Å². The van der Waals surface area contributed by atoms with Crippen molar-refractivity contribution in [3.8, 4) is 31.7 Å². The molecule has 2 heterocycles. The van der Waals surface area contributed by atoms with Gasteiger partial charge in [-0.3, -0.25) is 5.41 Å². The van der Waals surface area contributed by atoms with E-state index in [-0.39, 0.29) is 5.84 Å². The minimum absolute atomic E-state index is 0.107. The van der Waals surface area contributed by atoms with E-state index in [0.717, 1.165) is 36.6 Å². The molecule has 118 valence electrons. The lowest BCUT2D eigenvalue weighted by atomic mass is 10.1. The Hall–Kier alpha value is -2.31. The van der Waals surface area contributed by atoms with Crippen LogP contribution in [0.3, 0.4) is 0 Å². The summed E-state index contributed by atoms with van der Waals surface area (Å²) in [6.07, 6.45) is 0. The van der Waals surface area contributed by atoms with E-state index in [1.165, 1.54) is 11.3 Å². The molecule has 0 aliphatic carbocycles. The van der Waals surface area contributed by atoms with Crippen molar-refractivity contribution in [1.82, 2.24) is 0 Å². The minimum atomic E-state index is 0.107. The van der Waals surface area contributed by atoms with E-state index in [1.807, 2.05) is 30.3 Å². The van der Waals surface area contributed by atoms with Crippen molar-refractivity contribution in [3.63, 3.8) is 0 Å². The van der Waals surface area contributed by atoms with Crippen molar-refractivity contribution < 1.29 is 9.47 Å². The quantitative estimate of drug-likeness (QED) is 0.531. The van der Waals surface area contributed by atoms with Crippen LogP contribution in [0.2, 0.25) is 0 Å². The number of nitrogen functional groups attached to an aromatic ring is 1. The molecule has 0 aliphatic rings. The van der Waals surface area contributed by atoms with Gasteiger partial charge in [0.05, 0.1) is 19.1 Å². The number of rotatable bonds is 5. The van der Waals surface area contributed by atoms with Crippen molar-refractivity contribution in [2.75, 3.05) is 14.2 Å². The van der Waals surface area contributed by atoms with Crippen LogP contribution in [0.5, 0.6) is 11.5 Å². The Labute approximate surface area is 142 Å². The smallest absolute Gasteiger partial charge is 0.133 e. The average Bonchev–Trinajstić information content (AvgIpc) is 3.23. The minimum Gasteiger partial charge on any atom is -0.497 e. The Morgan fingerprint density at radius 1 is 0.870 bits per heavy atom. The molecule has 0 fully saturated rings. The van der Waals surface area contributed by atoms with E-state index in [9.17, 15) is 0 Å². The van der Waals surface area contributed by atoms with E-state index in [2.05, 4.69) is 12.1 Å². The highest BCUT2D eigenvalue weighted by Crippen LogP contribution is 2.39. The maximum Gasteiger partial charge on any atom is 0.133 e. The number of benzene rings is 1. The Bertz CT molecular complexity index is 830. The normalized spacial score (nSPS) is 10.5. The van der Waals surface area contributed by atoms with Crippen LogP contribution in [0.4, 0.5) is 0 Å². The summed E-state index contributed by atoms with van der Waals surface area (Å²) in [6, 6.07) is 13.9. The summed E-state index contributed by atoms with van der Waals surface area (Å²) < 4.78 is 10.7. The van der Waals surface area contributed by atoms with Crippen molar-refractivity contribution in [3.05, 3.63) is 47.3 Å². The van der Waals surface area contributed by atoms with Crippen LogP contribution in [0.15, 0.2) is 42.5 Å². The van der Waals surface area contributed by atoms with E-state index in [0.29, 0.717) is 0 Å². The Morgan fingerprint density at radius 3 is 2.00 bits per heavy atom. The summed E-state index contributed by atoms with van der Waals surface area (Å²) >= 11 is 3.22. The van der Waals surface area contributed by atoms with Crippen LogP contribution in [-0.4, -0.2) is 20.1 Å². The number of nitrogens with two attached hydrogens (primary N) is 1. The first-order chi connectivity index (χ1) is 11.1. The lowest BCUT2D eigenvalue weighted by Gasteiger charge is -2.07. The molecular weight excluding hydrogens is 328 g/mol. The molecular formula is C17H16N2O2S2. The first-order valence-electron chi connectivity index (χ1n) is 6.88. The molecule has 3 aromatic rings. The second-order valence-electron chi connectivity index (χ2n) is 4.84. The van der Waals surface area contributed by atoms with Gasteiger partial charge in [0, 0.05) is 20.7 Å². The second-order valence-corrected chi connectivity index (χ2v) is 7.01. The molecule has 3 N–H and O–H groups in total. The lowest BCUT2D eigenvalue weighted by molar-refractivity contribution is 0.394. The number of thiophene rings is 2. The third-order valence-electron chi connectivity index (χ3n) is 3.36. The summed E-state index contributed by atoms with van der Waals surface area (Å²) in [5.74, 6) is 1.64. The summed E-state index contributed by atoms with van der Waals surface area (Å²) in [6.45, 7) is 0. The summed E-state index contributed by atoms with van der Waals surface area (Å²) in [5, 5.41) is 7.50. The molecule has 2 aromatic heterocycles. The van der Waals surface area contributed by atoms with Gasteiger partial charge in [-0.1, -0.05) is 0 Å². The predicted molar refractivity (Wildman–Crippen MR) is 97.2 cm³/mol. The molecule has 0 saturated carbocycles. The van der Waals surface area contributed by atoms with Gasteiger partial charge in [-0.05, 0) is 42.0 Å². The molecule has 0 unspecified atom stereocenters. The Kier molecular flexibility index (Phi) is 4.36. The zero-order chi connectivity index (χ0) is 16.4. The molecule has 0 aliphatic heterocycles. The zero-order valence-electron chi connectivity index (χ0n) is 12.8. The van der Waals surface area contributed by atoms with Crippen molar-refractivity contribution in [2.45, 2.75) is 0 Å². The fourth-order valence-corrected chi connectivity index (χ4v) is 4.14. The standard InChI is InChI=1S/C17H16N2O2S2/c1-20-11-7-10(8-12(9-11)21-2)13-3-4-14(22-13)15-5-6-16(23-15)17(18)19/h3-9H,1-2H3,(H3,18,19). The lowest BCUT2D eigenvalue weighted by Crippen LogP contribution is -2.08. The van der Waals surface area contributed by atoms with Gasteiger partial charge in [0.15, 0.2) is 0 Å². The topological polar surface area (TPSA) is 68.3 Å². The third kappa shape index (κ3) is 3.23. The molecule has 6 heteroatoms. The number of ether oxygens (including phenoxy) is 2. The molecule has 0 bridgehead atoms. The Morgan fingerprint density at radius 2 is 1.43 bits per heavy atom.